The molecule has 0 aliphatic heterocycles. The van der Waals surface area contributed by atoms with Gasteiger partial charge in [0.25, 0.3) is 0 Å². The van der Waals surface area contributed by atoms with Gasteiger partial charge in [-0.1, -0.05) is 38.7 Å². The van der Waals surface area contributed by atoms with Crippen LogP contribution in [-0.4, -0.2) is 6.61 Å². The molecule has 0 aliphatic rings. The van der Waals surface area contributed by atoms with Gasteiger partial charge in [0, 0.05) is 33.7 Å². The third kappa shape index (κ3) is 4.25. The van der Waals surface area contributed by atoms with Gasteiger partial charge in [0.1, 0.15) is 5.82 Å². The summed E-state index contributed by atoms with van der Waals surface area (Å²) in [5.74, 6) is -0.176. The molecule has 0 radical (unpaired) electrons. The summed E-state index contributed by atoms with van der Waals surface area (Å²) in [6.45, 7) is 3.84. The molecular weight excluding hydrogens is 285 g/mol. The molecule has 0 bridgehead atoms. The highest BCUT2D eigenvalue weighted by Crippen LogP contribution is 2.33. The van der Waals surface area contributed by atoms with Crippen LogP contribution in [-0.2, 0) is 17.9 Å². The first kappa shape index (κ1) is 16.4. The Kier molecular flexibility index (Phi) is 6.61. The molecule has 0 fully saturated rings. The monoisotopic (exact) mass is 309 g/mol. The van der Waals surface area contributed by atoms with E-state index in [0.717, 1.165) is 28.2 Å². The van der Waals surface area contributed by atoms with Crippen LogP contribution < -0.4 is 5.73 Å². The van der Waals surface area contributed by atoms with E-state index < -0.39 is 0 Å². The molecule has 21 heavy (non-hydrogen) atoms. The quantitative estimate of drug-likeness (QED) is 0.663. The summed E-state index contributed by atoms with van der Waals surface area (Å²) >= 11 is 1.57. The third-order valence-electron chi connectivity index (χ3n) is 3.67. The van der Waals surface area contributed by atoms with Crippen LogP contribution in [0.25, 0.3) is 10.1 Å². The molecule has 1 aromatic carbocycles. The molecular formula is C17H24FNOS. The van der Waals surface area contributed by atoms with Crippen LogP contribution in [0.5, 0.6) is 0 Å². The molecule has 2 N–H and O–H groups in total. The highest BCUT2D eigenvalue weighted by molar-refractivity contribution is 7.19. The van der Waals surface area contributed by atoms with Crippen molar-refractivity contribution in [3.05, 3.63) is 34.5 Å². The maximum atomic E-state index is 14.0. The summed E-state index contributed by atoms with van der Waals surface area (Å²) in [6, 6.07) is 5.19. The lowest BCUT2D eigenvalue weighted by Gasteiger charge is -2.06. The van der Waals surface area contributed by atoms with Crippen molar-refractivity contribution in [2.75, 3.05) is 6.61 Å². The minimum absolute atomic E-state index is 0.176. The number of fused-ring (bicyclic) bond motifs is 1. The molecule has 0 aliphatic carbocycles. The number of thiophene rings is 1. The maximum absolute atomic E-state index is 14.0. The second-order valence-electron chi connectivity index (χ2n) is 5.29. The molecule has 0 amide bonds. The van der Waals surface area contributed by atoms with Gasteiger partial charge in [0.2, 0.25) is 0 Å². The number of unbranched alkanes of at least 4 members (excludes halogenated alkanes) is 4. The average molecular weight is 309 g/mol. The van der Waals surface area contributed by atoms with Crippen LogP contribution >= 0.6 is 11.3 Å². The van der Waals surface area contributed by atoms with Crippen molar-refractivity contribution in [2.24, 2.45) is 5.73 Å². The zero-order valence-electron chi connectivity index (χ0n) is 12.7. The highest BCUT2D eigenvalue weighted by Gasteiger charge is 2.14. The van der Waals surface area contributed by atoms with Gasteiger partial charge in [-0.05, 0) is 18.6 Å². The summed E-state index contributed by atoms with van der Waals surface area (Å²) < 4.78 is 20.7. The van der Waals surface area contributed by atoms with Crippen molar-refractivity contribution in [3.8, 4) is 0 Å². The van der Waals surface area contributed by atoms with Crippen molar-refractivity contribution in [3.63, 3.8) is 0 Å². The zero-order valence-corrected chi connectivity index (χ0v) is 13.5. The van der Waals surface area contributed by atoms with Gasteiger partial charge in [0.05, 0.1) is 6.61 Å². The second kappa shape index (κ2) is 8.47. The van der Waals surface area contributed by atoms with E-state index in [1.165, 1.54) is 31.7 Å². The molecule has 2 nitrogen and oxygen atoms in total. The predicted molar refractivity (Wildman–Crippen MR) is 88.1 cm³/mol. The number of rotatable bonds is 9. The molecule has 0 spiro atoms. The standard InChI is InChI=1S/C17H24FNOS/c1-2-3-4-5-6-10-20-12-13-16(11-19)21-15-9-7-8-14(18)17(13)15/h7-9H,2-6,10-12,19H2,1H3. The molecule has 1 aromatic heterocycles. The lowest BCUT2D eigenvalue weighted by atomic mass is 10.1. The van der Waals surface area contributed by atoms with Crippen LogP contribution in [0.1, 0.15) is 49.5 Å². The molecule has 116 valence electrons. The first-order valence-electron chi connectivity index (χ1n) is 7.74. The van der Waals surface area contributed by atoms with E-state index in [-0.39, 0.29) is 5.82 Å². The molecule has 0 atom stereocenters. The largest absolute Gasteiger partial charge is 0.377 e. The van der Waals surface area contributed by atoms with Gasteiger partial charge >= 0.3 is 0 Å². The molecule has 0 saturated carbocycles. The summed E-state index contributed by atoms with van der Waals surface area (Å²) in [5, 5.41) is 0.689. The summed E-state index contributed by atoms with van der Waals surface area (Å²) in [4.78, 5) is 1.03. The van der Waals surface area contributed by atoms with E-state index in [1.54, 1.807) is 17.4 Å². The SMILES string of the molecule is CCCCCCCOCc1c(CN)sc2cccc(F)c12. The van der Waals surface area contributed by atoms with E-state index in [4.69, 9.17) is 10.5 Å². The van der Waals surface area contributed by atoms with Crippen molar-refractivity contribution in [2.45, 2.75) is 52.2 Å². The van der Waals surface area contributed by atoms with Gasteiger partial charge in [-0.3, -0.25) is 0 Å². The lowest BCUT2D eigenvalue weighted by molar-refractivity contribution is 0.117. The summed E-state index contributed by atoms with van der Waals surface area (Å²) in [6.07, 6.45) is 6.08. The summed E-state index contributed by atoms with van der Waals surface area (Å²) in [7, 11) is 0. The van der Waals surface area contributed by atoms with Crippen molar-refractivity contribution in [1.29, 1.82) is 0 Å². The number of ether oxygens (including phenoxy) is 1. The van der Waals surface area contributed by atoms with Gasteiger partial charge in [0.15, 0.2) is 0 Å². The Morgan fingerprint density at radius 1 is 1.19 bits per heavy atom. The lowest BCUT2D eigenvalue weighted by Crippen LogP contribution is -2.01. The zero-order chi connectivity index (χ0) is 15.1. The Morgan fingerprint density at radius 3 is 2.76 bits per heavy atom. The summed E-state index contributed by atoms with van der Waals surface area (Å²) in [5.41, 5.74) is 6.72. The normalized spacial score (nSPS) is 11.4. The van der Waals surface area contributed by atoms with Crippen LogP contribution in [0.2, 0.25) is 0 Å². The number of halogens is 1. The highest BCUT2D eigenvalue weighted by atomic mass is 32.1. The Hall–Kier alpha value is -0.970. The van der Waals surface area contributed by atoms with Gasteiger partial charge in [-0.2, -0.15) is 0 Å². The maximum Gasteiger partial charge on any atom is 0.132 e. The van der Waals surface area contributed by atoms with Crippen molar-refractivity contribution >= 4 is 21.4 Å². The minimum Gasteiger partial charge on any atom is -0.377 e. The predicted octanol–water partition coefficient (Wildman–Crippen LogP) is 4.99. The number of hydrogen-bond donors (Lipinski definition) is 1. The molecule has 0 saturated heterocycles. The van der Waals surface area contributed by atoms with Crippen LogP contribution in [0.4, 0.5) is 4.39 Å². The molecule has 2 rings (SSSR count). The Morgan fingerprint density at radius 2 is 2.00 bits per heavy atom. The third-order valence-corrected chi connectivity index (χ3v) is 4.89. The van der Waals surface area contributed by atoms with Crippen LogP contribution in [0.15, 0.2) is 18.2 Å². The van der Waals surface area contributed by atoms with E-state index in [9.17, 15) is 4.39 Å². The smallest absolute Gasteiger partial charge is 0.132 e. The fraction of sp³-hybridized carbons (Fsp3) is 0.529. The number of benzene rings is 1. The fourth-order valence-electron chi connectivity index (χ4n) is 2.52. The molecule has 1 heterocycles. The fourth-order valence-corrected chi connectivity index (χ4v) is 3.62. The number of hydrogen-bond acceptors (Lipinski definition) is 3. The molecule has 2 aromatic rings. The minimum atomic E-state index is -0.176. The van der Waals surface area contributed by atoms with E-state index in [0.29, 0.717) is 18.5 Å². The van der Waals surface area contributed by atoms with Crippen molar-refractivity contribution in [1.82, 2.24) is 0 Å². The Labute approximate surface area is 130 Å². The van der Waals surface area contributed by atoms with Gasteiger partial charge in [-0.25, -0.2) is 4.39 Å². The van der Waals surface area contributed by atoms with Crippen molar-refractivity contribution < 1.29 is 9.13 Å². The number of nitrogens with two attached hydrogens (primary N) is 1. The molecule has 4 heteroatoms. The van der Waals surface area contributed by atoms with Gasteiger partial charge < -0.3 is 10.5 Å². The Bertz CT molecular complexity index is 567. The second-order valence-corrected chi connectivity index (χ2v) is 6.42. The average Bonchev–Trinajstić information content (AvgIpc) is 2.85. The van der Waals surface area contributed by atoms with Crippen LogP contribution in [0, 0.1) is 5.82 Å². The van der Waals surface area contributed by atoms with E-state index >= 15 is 0 Å². The van der Waals surface area contributed by atoms with E-state index in [2.05, 4.69) is 6.92 Å². The first-order valence-corrected chi connectivity index (χ1v) is 8.56. The molecule has 0 unspecified atom stereocenters. The topological polar surface area (TPSA) is 35.2 Å². The first-order chi connectivity index (χ1) is 10.3. The van der Waals surface area contributed by atoms with Crippen LogP contribution in [0.3, 0.4) is 0 Å². The Balaban J connectivity index is 1.94. The van der Waals surface area contributed by atoms with Gasteiger partial charge in [-0.15, -0.1) is 11.3 Å². The van der Waals surface area contributed by atoms with E-state index in [1.807, 2.05) is 6.07 Å².